The van der Waals surface area contributed by atoms with E-state index in [0.29, 0.717) is 0 Å². The smallest absolute Gasteiger partial charge is 0.0540 e. The highest BCUT2D eigenvalue weighted by Crippen LogP contribution is 2.56. The van der Waals surface area contributed by atoms with Crippen molar-refractivity contribution < 1.29 is 0 Å². The van der Waals surface area contributed by atoms with E-state index in [1.807, 2.05) is 0 Å². The largest absolute Gasteiger partial charge is 0.309 e. The quantitative estimate of drug-likeness (QED) is 0.160. The molecule has 1 unspecified atom stereocenters. The Bertz CT molecular complexity index is 2800. The molecule has 1 heteroatoms. The predicted molar refractivity (Wildman–Crippen MR) is 232 cm³/mol. The van der Waals surface area contributed by atoms with Crippen LogP contribution < -0.4 is 4.90 Å². The van der Waals surface area contributed by atoms with Crippen LogP contribution in [0.3, 0.4) is 0 Å². The molecule has 0 fully saturated rings. The molecule has 0 bridgehead atoms. The summed E-state index contributed by atoms with van der Waals surface area (Å²) >= 11 is 0. The molecule has 1 aliphatic rings. The van der Waals surface area contributed by atoms with Gasteiger partial charge in [0.05, 0.1) is 11.4 Å². The van der Waals surface area contributed by atoms with E-state index in [9.17, 15) is 0 Å². The monoisotopic (exact) mass is 701 g/mol. The molecule has 0 radical (unpaired) electrons. The van der Waals surface area contributed by atoms with E-state index in [0.717, 1.165) is 17.1 Å². The van der Waals surface area contributed by atoms with E-state index in [4.69, 9.17) is 0 Å². The first kappa shape index (κ1) is 32.7. The fourth-order valence-electron chi connectivity index (χ4n) is 8.84. The van der Waals surface area contributed by atoms with Crippen molar-refractivity contribution in [3.63, 3.8) is 0 Å². The minimum absolute atomic E-state index is 0.275. The maximum Gasteiger partial charge on any atom is 0.0540 e. The average Bonchev–Trinajstić information content (AvgIpc) is 3.54. The number of fused-ring (bicyclic) bond motifs is 4. The second kappa shape index (κ2) is 13.5. The first-order chi connectivity index (χ1) is 27.2. The van der Waals surface area contributed by atoms with Crippen molar-refractivity contribution in [2.45, 2.75) is 12.3 Å². The van der Waals surface area contributed by atoms with E-state index in [2.05, 4.69) is 230 Å². The first-order valence-corrected chi connectivity index (χ1v) is 19.1. The lowest BCUT2D eigenvalue weighted by Crippen LogP contribution is -2.22. The van der Waals surface area contributed by atoms with Crippen molar-refractivity contribution in [1.29, 1.82) is 0 Å². The number of nitrogens with zero attached hydrogens (tertiary/aromatic N) is 1. The second-order valence-corrected chi connectivity index (χ2v) is 14.6. The van der Waals surface area contributed by atoms with Crippen molar-refractivity contribution in [2.75, 3.05) is 4.90 Å². The molecule has 9 aromatic carbocycles. The lowest BCUT2D eigenvalue weighted by molar-refractivity contribution is 0.714. The van der Waals surface area contributed by atoms with Gasteiger partial charge in [-0.3, -0.25) is 0 Å². The molecule has 1 atom stereocenters. The molecule has 0 amide bonds. The Morgan fingerprint density at radius 2 is 0.836 bits per heavy atom. The number of rotatable bonds is 7. The van der Waals surface area contributed by atoms with E-state index in [-0.39, 0.29) is 5.41 Å². The molecule has 0 aliphatic heterocycles. The Morgan fingerprint density at radius 3 is 1.58 bits per heavy atom. The van der Waals surface area contributed by atoms with Crippen LogP contribution in [-0.2, 0) is 5.41 Å². The highest BCUT2D eigenvalue weighted by Gasteiger charge is 2.41. The van der Waals surface area contributed by atoms with E-state index >= 15 is 0 Å². The molecule has 0 saturated heterocycles. The normalized spacial score (nSPS) is 14.3. The van der Waals surface area contributed by atoms with Crippen molar-refractivity contribution in [3.05, 3.63) is 235 Å². The van der Waals surface area contributed by atoms with E-state index < -0.39 is 0 Å². The van der Waals surface area contributed by atoms with Crippen molar-refractivity contribution in [1.82, 2.24) is 0 Å². The van der Waals surface area contributed by atoms with Crippen molar-refractivity contribution in [3.8, 4) is 44.5 Å². The van der Waals surface area contributed by atoms with Gasteiger partial charge in [-0.1, -0.05) is 194 Å². The summed E-state index contributed by atoms with van der Waals surface area (Å²) in [7, 11) is 0. The van der Waals surface area contributed by atoms with Crippen LogP contribution in [0.25, 0.3) is 55.3 Å². The third-order valence-electron chi connectivity index (χ3n) is 11.6. The summed E-state index contributed by atoms with van der Waals surface area (Å²) in [5.41, 5.74) is 17.0. The molecule has 1 aliphatic carbocycles. The summed E-state index contributed by atoms with van der Waals surface area (Å²) in [5.74, 6) is 0. The summed E-state index contributed by atoms with van der Waals surface area (Å²) in [4.78, 5) is 2.45. The Morgan fingerprint density at radius 1 is 0.345 bits per heavy atom. The minimum atomic E-state index is -0.275. The van der Waals surface area contributed by atoms with Gasteiger partial charge in [-0.15, -0.1) is 0 Å². The van der Waals surface area contributed by atoms with Gasteiger partial charge in [0.2, 0.25) is 0 Å². The molecule has 9 aromatic rings. The SMILES string of the molecule is CC1(c2ccccc2)c2ccccc2-c2c(-c3ccccc3N(c3ccc(-c4ccc(-c5ccccc5)cc4)cc3)c3cccc4ccccc34)cccc21. The topological polar surface area (TPSA) is 3.24 Å². The van der Waals surface area contributed by atoms with Gasteiger partial charge in [0.15, 0.2) is 0 Å². The first-order valence-electron chi connectivity index (χ1n) is 19.1. The number of hydrogen-bond donors (Lipinski definition) is 0. The molecule has 1 nitrogen and oxygen atoms in total. The highest BCUT2D eigenvalue weighted by atomic mass is 15.1. The maximum atomic E-state index is 2.45. The summed E-state index contributed by atoms with van der Waals surface area (Å²) in [6, 6.07) is 79.7. The van der Waals surface area contributed by atoms with E-state index in [1.54, 1.807) is 0 Å². The molecule has 0 saturated carbocycles. The number of benzene rings is 9. The average molecular weight is 702 g/mol. The zero-order chi connectivity index (χ0) is 36.8. The molecule has 10 rings (SSSR count). The van der Waals surface area contributed by atoms with Crippen LogP contribution in [0, 0.1) is 0 Å². The number of para-hydroxylation sites is 1. The second-order valence-electron chi connectivity index (χ2n) is 14.6. The number of anilines is 3. The fourth-order valence-corrected chi connectivity index (χ4v) is 8.84. The summed E-state index contributed by atoms with van der Waals surface area (Å²) < 4.78 is 0. The molecule has 0 aromatic heterocycles. The van der Waals surface area contributed by atoms with Gasteiger partial charge in [-0.05, 0) is 92.2 Å². The molecule has 260 valence electrons. The maximum absolute atomic E-state index is 2.45. The molecule has 0 N–H and O–H groups in total. The molecule has 55 heavy (non-hydrogen) atoms. The van der Waals surface area contributed by atoms with Gasteiger partial charge < -0.3 is 4.90 Å². The molecular weight excluding hydrogens is 663 g/mol. The number of hydrogen-bond acceptors (Lipinski definition) is 1. The van der Waals surface area contributed by atoms with Crippen LogP contribution in [0.5, 0.6) is 0 Å². The van der Waals surface area contributed by atoms with Crippen LogP contribution in [0.4, 0.5) is 17.1 Å². The molecule has 0 heterocycles. The zero-order valence-corrected chi connectivity index (χ0v) is 30.7. The summed E-state index contributed by atoms with van der Waals surface area (Å²) in [5, 5.41) is 2.42. The van der Waals surface area contributed by atoms with E-state index in [1.165, 1.54) is 72.0 Å². The fraction of sp³-hybridized carbons (Fsp3) is 0.0370. The minimum Gasteiger partial charge on any atom is -0.309 e. The summed E-state index contributed by atoms with van der Waals surface area (Å²) in [6.07, 6.45) is 0. The van der Waals surface area contributed by atoms with Crippen LogP contribution >= 0.6 is 0 Å². The van der Waals surface area contributed by atoms with Crippen molar-refractivity contribution in [2.24, 2.45) is 0 Å². The third-order valence-corrected chi connectivity index (χ3v) is 11.6. The van der Waals surface area contributed by atoms with Crippen LogP contribution in [-0.4, -0.2) is 0 Å². The zero-order valence-electron chi connectivity index (χ0n) is 30.7. The molecule has 0 spiro atoms. The van der Waals surface area contributed by atoms with Gasteiger partial charge in [-0.2, -0.15) is 0 Å². The Hall–Kier alpha value is -6.96. The lowest BCUT2D eigenvalue weighted by Gasteiger charge is -2.30. The van der Waals surface area contributed by atoms with Crippen LogP contribution in [0.2, 0.25) is 0 Å². The highest BCUT2D eigenvalue weighted by molar-refractivity contribution is 6.03. The van der Waals surface area contributed by atoms with Gasteiger partial charge in [0.1, 0.15) is 0 Å². The van der Waals surface area contributed by atoms with Gasteiger partial charge in [0, 0.05) is 22.1 Å². The molecular formula is C54H39N. The lowest BCUT2D eigenvalue weighted by atomic mass is 9.74. The third kappa shape index (κ3) is 5.47. The Kier molecular flexibility index (Phi) is 8.00. The van der Waals surface area contributed by atoms with Gasteiger partial charge in [-0.25, -0.2) is 0 Å². The van der Waals surface area contributed by atoms with Crippen molar-refractivity contribution >= 4 is 27.8 Å². The standard InChI is InChI=1S/C54H39N/c1-54(43-20-6-3-7-21-43)49-26-12-10-24-48(49)53-47(25-15-27-50(53)54)46-23-11-13-28-52(46)55(51-29-14-19-42-18-8-9-22-45(42)51)44-36-34-41(35-37-44)40-32-30-39(31-33-40)38-16-4-2-5-17-38/h2-37H,1H3. The predicted octanol–water partition coefficient (Wildman–Crippen LogP) is 14.6. The Labute approximate surface area is 323 Å². The van der Waals surface area contributed by atoms with Gasteiger partial charge >= 0.3 is 0 Å². The van der Waals surface area contributed by atoms with Crippen LogP contribution in [0.15, 0.2) is 218 Å². The summed E-state index contributed by atoms with van der Waals surface area (Å²) in [6.45, 7) is 2.39. The van der Waals surface area contributed by atoms with Crippen LogP contribution in [0.1, 0.15) is 23.6 Å². The van der Waals surface area contributed by atoms with Gasteiger partial charge in [0.25, 0.3) is 0 Å². The Balaban J connectivity index is 1.14.